The van der Waals surface area contributed by atoms with Crippen molar-refractivity contribution < 1.29 is 32.5 Å². The molecule has 1 aromatic heterocycles. The Labute approximate surface area is 238 Å². The quantitative estimate of drug-likeness (QED) is 0.150. The number of H-pyrrole nitrogens is 1. The minimum atomic E-state index is -3.39. The molecule has 1 saturated heterocycles. The van der Waals surface area contributed by atoms with Gasteiger partial charge in [0.15, 0.2) is 11.3 Å². The van der Waals surface area contributed by atoms with Crippen molar-refractivity contribution in [2.45, 2.75) is 69.8 Å². The summed E-state index contributed by atoms with van der Waals surface area (Å²) in [6.07, 6.45) is -0.859. The Morgan fingerprint density at radius 3 is 2.61 bits per heavy atom. The first-order valence-electron chi connectivity index (χ1n) is 11.5. The molecule has 0 aromatic carbocycles. The fourth-order valence-electron chi connectivity index (χ4n) is 2.80. The number of nitrogens with one attached hydrogen (secondary N) is 2. The summed E-state index contributed by atoms with van der Waals surface area (Å²) in [6.45, 7) is 6.65. The highest BCUT2D eigenvalue weighted by atomic mass is 35.5. The van der Waals surface area contributed by atoms with Crippen LogP contribution in [0.15, 0.2) is 21.9 Å². The van der Waals surface area contributed by atoms with Crippen LogP contribution in [0, 0.1) is 5.41 Å². The molecule has 0 aliphatic carbocycles. The zero-order chi connectivity index (χ0) is 28.9. The Bertz CT molecular complexity index is 1160. The normalized spacial score (nSPS) is 24.2. The van der Waals surface area contributed by atoms with Gasteiger partial charge in [0.25, 0.3) is 16.7 Å². The number of aromatic nitrogens is 2. The van der Waals surface area contributed by atoms with Gasteiger partial charge in [-0.15, -0.1) is 0 Å². The monoisotopic (exact) mass is 635 g/mol. The fraction of sp³-hybridized carbons (Fsp3) is 0.714. The highest BCUT2D eigenvalue weighted by Crippen LogP contribution is 2.53. The Balaban J connectivity index is 2.10. The lowest BCUT2D eigenvalue weighted by atomic mass is 10.00. The van der Waals surface area contributed by atoms with Crippen molar-refractivity contribution >= 4 is 64.7 Å². The molecule has 1 aliphatic heterocycles. The highest BCUT2D eigenvalue weighted by Gasteiger charge is 2.51. The SMILES string of the molecule is CC(C)OC(=O)[C@@H](C)NP(=S)(OCCSC(=O)C(C)(C)C)OC[C@H]1O[C@@H](n2ccc(=O)[nH]c2=O)[C@](F)(Cl)S1. The largest absolute Gasteiger partial charge is 0.462 e. The minimum absolute atomic E-state index is 0.0271. The number of aromatic amines is 1. The molecule has 0 bridgehead atoms. The number of halogens is 2. The third-order valence-corrected chi connectivity index (χ3v) is 9.98. The molecule has 0 amide bonds. The number of carbonyl (C=O) groups is 2. The van der Waals surface area contributed by atoms with E-state index in [2.05, 4.69) is 5.09 Å². The van der Waals surface area contributed by atoms with Crippen LogP contribution in [-0.4, -0.2) is 61.6 Å². The summed E-state index contributed by atoms with van der Waals surface area (Å²) in [5.74, 6) is -0.294. The highest BCUT2D eigenvalue weighted by molar-refractivity contribution is 8.13. The number of thioether (sulfide) groups is 2. The van der Waals surface area contributed by atoms with Crippen LogP contribution in [0.2, 0.25) is 0 Å². The lowest BCUT2D eigenvalue weighted by molar-refractivity contribution is -0.149. The van der Waals surface area contributed by atoms with E-state index in [0.29, 0.717) is 11.8 Å². The van der Waals surface area contributed by atoms with Crippen molar-refractivity contribution in [1.29, 1.82) is 0 Å². The molecule has 0 saturated carbocycles. The molecule has 2 heterocycles. The van der Waals surface area contributed by atoms with Gasteiger partial charge in [0.2, 0.25) is 0 Å². The summed E-state index contributed by atoms with van der Waals surface area (Å²) < 4.78 is 35.8. The molecule has 1 aromatic rings. The van der Waals surface area contributed by atoms with Crippen molar-refractivity contribution in [1.82, 2.24) is 14.6 Å². The summed E-state index contributed by atoms with van der Waals surface area (Å²) in [5.41, 5.74) is -3.12. The number of ether oxygens (including phenoxy) is 2. The first-order chi connectivity index (χ1) is 17.4. The van der Waals surface area contributed by atoms with Crippen LogP contribution in [0.3, 0.4) is 0 Å². The lowest BCUT2D eigenvalue weighted by Crippen LogP contribution is -2.36. The molecule has 0 spiro atoms. The van der Waals surface area contributed by atoms with Gasteiger partial charge in [0.1, 0.15) is 11.5 Å². The molecule has 2 N–H and O–H groups in total. The summed E-state index contributed by atoms with van der Waals surface area (Å²) in [7, 11) is 0. The van der Waals surface area contributed by atoms with E-state index in [1.165, 1.54) is 6.92 Å². The number of alkyl halides is 2. The van der Waals surface area contributed by atoms with Crippen molar-refractivity contribution in [3.63, 3.8) is 0 Å². The van der Waals surface area contributed by atoms with Crippen LogP contribution >= 0.6 is 41.8 Å². The molecular weight excluding hydrogens is 604 g/mol. The molecule has 0 radical (unpaired) electrons. The van der Waals surface area contributed by atoms with Gasteiger partial charge in [-0.1, -0.05) is 55.9 Å². The molecule has 1 fully saturated rings. The number of rotatable bonds is 12. The van der Waals surface area contributed by atoms with E-state index in [-0.39, 0.29) is 30.2 Å². The van der Waals surface area contributed by atoms with E-state index in [4.69, 9.17) is 41.9 Å². The van der Waals surface area contributed by atoms with Crippen molar-refractivity contribution in [3.05, 3.63) is 33.1 Å². The van der Waals surface area contributed by atoms with Crippen LogP contribution in [0.1, 0.15) is 47.8 Å². The summed E-state index contributed by atoms with van der Waals surface area (Å²) >= 11 is 13.2. The van der Waals surface area contributed by atoms with Crippen LogP contribution in [0.4, 0.5) is 4.39 Å². The molecule has 17 heteroatoms. The molecule has 216 valence electrons. The molecule has 11 nitrogen and oxygen atoms in total. The Morgan fingerprint density at radius 1 is 1.37 bits per heavy atom. The predicted molar refractivity (Wildman–Crippen MR) is 149 cm³/mol. The average Bonchev–Trinajstić information content (AvgIpc) is 3.08. The second-order valence-electron chi connectivity index (χ2n) is 9.46. The summed E-state index contributed by atoms with van der Waals surface area (Å²) in [6, 6.07) is 0.133. The second kappa shape index (κ2) is 13.7. The van der Waals surface area contributed by atoms with Crippen molar-refractivity contribution in [3.8, 4) is 0 Å². The first-order valence-corrected chi connectivity index (χ1v) is 16.4. The van der Waals surface area contributed by atoms with Gasteiger partial charge in [-0.2, -0.15) is 0 Å². The number of esters is 1. The van der Waals surface area contributed by atoms with Crippen LogP contribution in [0.25, 0.3) is 0 Å². The van der Waals surface area contributed by atoms with Crippen LogP contribution in [0.5, 0.6) is 0 Å². The maximum atomic E-state index is 15.1. The Morgan fingerprint density at radius 2 is 2.03 bits per heavy atom. The van der Waals surface area contributed by atoms with Crippen molar-refractivity contribution in [2.24, 2.45) is 5.41 Å². The number of hydrogen-bond donors (Lipinski definition) is 2. The smallest absolute Gasteiger partial charge is 0.330 e. The van der Waals surface area contributed by atoms with Gasteiger partial charge in [-0.25, -0.2) is 14.3 Å². The minimum Gasteiger partial charge on any atom is -0.462 e. The van der Waals surface area contributed by atoms with Gasteiger partial charge in [0, 0.05) is 23.4 Å². The topological polar surface area (TPSA) is 138 Å². The zero-order valence-electron chi connectivity index (χ0n) is 21.7. The molecule has 1 unspecified atom stereocenters. The van der Waals surface area contributed by atoms with E-state index < -0.39 is 51.4 Å². The average molecular weight is 636 g/mol. The van der Waals surface area contributed by atoms with Crippen LogP contribution < -0.4 is 16.3 Å². The zero-order valence-corrected chi connectivity index (χ0v) is 25.8. The van der Waals surface area contributed by atoms with E-state index >= 15 is 4.39 Å². The predicted octanol–water partition coefficient (Wildman–Crippen LogP) is 3.48. The maximum absolute atomic E-state index is 15.1. The molecule has 1 aliphatic rings. The van der Waals surface area contributed by atoms with Gasteiger partial charge in [0.05, 0.1) is 19.3 Å². The second-order valence-corrected chi connectivity index (χ2v) is 15.9. The number of carbonyl (C=O) groups excluding carboxylic acids is 2. The maximum Gasteiger partial charge on any atom is 0.330 e. The molecule has 2 rings (SSSR count). The first kappa shape index (κ1) is 33.4. The van der Waals surface area contributed by atoms with Gasteiger partial charge < -0.3 is 18.5 Å². The van der Waals surface area contributed by atoms with Crippen molar-refractivity contribution in [2.75, 3.05) is 19.0 Å². The number of nitrogens with zero attached hydrogens (tertiary/aromatic N) is 1. The van der Waals surface area contributed by atoms with E-state index in [1.54, 1.807) is 34.6 Å². The van der Waals surface area contributed by atoms with Gasteiger partial charge >= 0.3 is 11.7 Å². The molecular formula is C21H32ClFN3O8PS3. The van der Waals surface area contributed by atoms with E-state index in [0.717, 1.165) is 28.6 Å². The van der Waals surface area contributed by atoms with Gasteiger partial charge in [-0.3, -0.25) is 23.9 Å². The third-order valence-electron chi connectivity index (χ3n) is 4.59. The Kier molecular flexibility index (Phi) is 12.1. The Hall–Kier alpha value is -0.770. The molecule has 38 heavy (non-hydrogen) atoms. The van der Waals surface area contributed by atoms with Crippen LogP contribution in [-0.2, 0) is 39.9 Å². The van der Waals surface area contributed by atoms with Gasteiger partial charge in [-0.05, 0) is 32.6 Å². The number of hydrogen-bond acceptors (Lipinski definition) is 11. The van der Waals surface area contributed by atoms with E-state index in [9.17, 15) is 19.2 Å². The standard InChI is InChI=1S/C21H32ClFN3O8PS3/c1-12(2)33-16(28)13(3)25-35(36,31-9-10-37-18(29)20(4,5)6)32-11-15-34-17(21(22,23)38-15)26-8-7-14(27)24-19(26)30/h7-8,12-13,15,17H,9-11H2,1-6H3,(H,25,36)(H,24,27,30)/t13-,15+,17-,21-,35?/m1/s1. The summed E-state index contributed by atoms with van der Waals surface area (Å²) in [4.78, 5) is 50.0. The van der Waals surface area contributed by atoms with E-state index in [1.807, 2.05) is 4.98 Å². The molecule has 5 atom stereocenters. The fourth-order valence-corrected chi connectivity index (χ4v) is 7.54. The lowest BCUT2D eigenvalue weighted by Gasteiger charge is -2.27. The third kappa shape index (κ3) is 10.0. The summed E-state index contributed by atoms with van der Waals surface area (Å²) in [5, 5.41) is 2.82.